The lowest BCUT2D eigenvalue weighted by Crippen LogP contribution is -2.09. The second kappa shape index (κ2) is 9.27. The van der Waals surface area contributed by atoms with Crippen LogP contribution in [-0.4, -0.2) is 26.6 Å². The number of nitrogens with zero attached hydrogens (tertiary/aromatic N) is 3. The average Bonchev–Trinajstić information content (AvgIpc) is 3.13. The molecule has 142 valence electrons. The molecule has 28 heavy (non-hydrogen) atoms. The van der Waals surface area contributed by atoms with E-state index in [0.717, 1.165) is 18.5 Å². The standard InChI is InChI=1S/C21H21N5O2/c1-16(27)23-19-5-2-17(3-6-19)4-7-21(28)24-20-11-15-26(25-20)14-10-18-8-12-22-13-9-18/h2-9,11-13,15H,10,14H2,1H3,(H,23,27)(H,24,25,28)/b7-4-. The molecular formula is C21H21N5O2. The number of aromatic nitrogens is 3. The van der Waals surface area contributed by atoms with Gasteiger partial charge in [0.2, 0.25) is 11.8 Å². The van der Waals surface area contributed by atoms with Crippen molar-refractivity contribution >= 4 is 29.4 Å². The molecule has 0 aliphatic rings. The lowest BCUT2D eigenvalue weighted by Gasteiger charge is -2.02. The predicted molar refractivity (Wildman–Crippen MR) is 109 cm³/mol. The van der Waals surface area contributed by atoms with E-state index in [0.29, 0.717) is 11.5 Å². The molecule has 2 aromatic heterocycles. The van der Waals surface area contributed by atoms with E-state index in [4.69, 9.17) is 0 Å². The van der Waals surface area contributed by atoms with Crippen molar-refractivity contribution in [1.82, 2.24) is 14.8 Å². The molecule has 0 radical (unpaired) electrons. The average molecular weight is 375 g/mol. The number of hydrogen-bond donors (Lipinski definition) is 2. The molecule has 0 unspecified atom stereocenters. The largest absolute Gasteiger partial charge is 0.326 e. The van der Waals surface area contributed by atoms with Gasteiger partial charge >= 0.3 is 0 Å². The van der Waals surface area contributed by atoms with Crippen LogP contribution >= 0.6 is 0 Å². The minimum Gasteiger partial charge on any atom is -0.326 e. The number of amides is 2. The summed E-state index contributed by atoms with van der Waals surface area (Å²) in [5, 5.41) is 9.79. The fourth-order valence-electron chi connectivity index (χ4n) is 2.57. The van der Waals surface area contributed by atoms with Crippen LogP contribution in [-0.2, 0) is 22.6 Å². The molecule has 0 atom stereocenters. The minimum atomic E-state index is -0.259. The van der Waals surface area contributed by atoms with Crippen LogP contribution in [0.3, 0.4) is 0 Å². The van der Waals surface area contributed by atoms with E-state index in [1.54, 1.807) is 41.4 Å². The van der Waals surface area contributed by atoms with Crippen molar-refractivity contribution in [1.29, 1.82) is 0 Å². The third kappa shape index (κ3) is 5.91. The van der Waals surface area contributed by atoms with Gasteiger partial charge in [-0.25, -0.2) is 0 Å². The van der Waals surface area contributed by atoms with Crippen LogP contribution in [0.5, 0.6) is 0 Å². The number of carbonyl (C=O) groups excluding carboxylic acids is 2. The summed E-state index contributed by atoms with van der Waals surface area (Å²) in [6, 6.07) is 12.9. The highest BCUT2D eigenvalue weighted by molar-refractivity contribution is 6.01. The first kappa shape index (κ1) is 19.0. The van der Waals surface area contributed by atoms with Crippen molar-refractivity contribution in [3.05, 3.63) is 78.3 Å². The monoisotopic (exact) mass is 375 g/mol. The minimum absolute atomic E-state index is 0.122. The lowest BCUT2D eigenvalue weighted by molar-refractivity contribution is -0.114. The third-order valence-corrected chi connectivity index (χ3v) is 3.93. The van der Waals surface area contributed by atoms with E-state index in [2.05, 4.69) is 20.7 Å². The van der Waals surface area contributed by atoms with Crippen molar-refractivity contribution < 1.29 is 9.59 Å². The molecule has 0 saturated heterocycles. The normalized spacial score (nSPS) is 10.8. The van der Waals surface area contributed by atoms with Crippen molar-refractivity contribution in [3.63, 3.8) is 0 Å². The van der Waals surface area contributed by atoms with Crippen molar-refractivity contribution in [2.24, 2.45) is 0 Å². The molecule has 2 heterocycles. The van der Waals surface area contributed by atoms with Crippen LogP contribution in [0.1, 0.15) is 18.1 Å². The SMILES string of the molecule is CC(=O)Nc1ccc(/C=C\C(=O)Nc2ccn(CCc3ccncc3)n2)cc1. The Morgan fingerprint density at radius 2 is 1.79 bits per heavy atom. The molecule has 0 bridgehead atoms. The zero-order chi connectivity index (χ0) is 19.8. The Kier molecular flexibility index (Phi) is 6.30. The molecule has 2 amide bonds. The summed E-state index contributed by atoms with van der Waals surface area (Å²) in [6.07, 6.45) is 9.36. The zero-order valence-corrected chi connectivity index (χ0v) is 15.5. The van der Waals surface area contributed by atoms with Crippen molar-refractivity contribution in [3.8, 4) is 0 Å². The van der Waals surface area contributed by atoms with Gasteiger partial charge in [0, 0.05) is 49.9 Å². The molecular weight excluding hydrogens is 354 g/mol. The maximum absolute atomic E-state index is 12.1. The van der Waals surface area contributed by atoms with Crippen LogP contribution < -0.4 is 10.6 Å². The Hall–Kier alpha value is -3.74. The molecule has 3 aromatic rings. The molecule has 0 aliphatic heterocycles. The zero-order valence-electron chi connectivity index (χ0n) is 15.5. The molecule has 7 nitrogen and oxygen atoms in total. The van der Waals surface area contributed by atoms with Gasteiger partial charge in [0.25, 0.3) is 0 Å². The van der Waals surface area contributed by atoms with E-state index < -0.39 is 0 Å². The van der Waals surface area contributed by atoms with Crippen molar-refractivity contribution in [2.75, 3.05) is 10.6 Å². The number of anilines is 2. The topological polar surface area (TPSA) is 88.9 Å². The van der Waals surface area contributed by atoms with Gasteiger partial charge in [0.1, 0.15) is 0 Å². The first-order chi connectivity index (χ1) is 13.6. The second-order valence-corrected chi connectivity index (χ2v) is 6.20. The molecule has 0 fully saturated rings. The summed E-state index contributed by atoms with van der Waals surface area (Å²) in [5.74, 6) is 0.124. The predicted octanol–water partition coefficient (Wildman–Crippen LogP) is 3.13. The van der Waals surface area contributed by atoms with E-state index in [1.807, 2.05) is 30.5 Å². The molecule has 0 saturated carbocycles. The number of aryl methyl sites for hydroxylation is 2. The van der Waals surface area contributed by atoms with E-state index >= 15 is 0 Å². The van der Waals surface area contributed by atoms with Gasteiger partial charge in [-0.2, -0.15) is 5.10 Å². The van der Waals surface area contributed by atoms with Gasteiger partial charge < -0.3 is 10.6 Å². The maximum atomic E-state index is 12.1. The molecule has 2 N–H and O–H groups in total. The first-order valence-corrected chi connectivity index (χ1v) is 8.87. The number of rotatable bonds is 7. The highest BCUT2D eigenvalue weighted by atomic mass is 16.2. The lowest BCUT2D eigenvalue weighted by atomic mass is 10.2. The van der Waals surface area contributed by atoms with Crippen LogP contribution in [0.4, 0.5) is 11.5 Å². The van der Waals surface area contributed by atoms with Crippen LogP contribution in [0.25, 0.3) is 6.08 Å². The summed E-state index contributed by atoms with van der Waals surface area (Å²) in [5.41, 5.74) is 2.75. The van der Waals surface area contributed by atoms with Crippen LogP contribution in [0.15, 0.2) is 67.1 Å². The van der Waals surface area contributed by atoms with Gasteiger partial charge in [-0.3, -0.25) is 19.3 Å². The fraction of sp³-hybridized carbons (Fsp3) is 0.143. The molecule has 0 spiro atoms. The Balaban J connectivity index is 1.50. The van der Waals surface area contributed by atoms with Gasteiger partial charge in [0.15, 0.2) is 5.82 Å². The number of nitrogens with one attached hydrogen (secondary N) is 2. The number of pyridine rings is 1. The summed E-state index contributed by atoms with van der Waals surface area (Å²) >= 11 is 0. The smallest absolute Gasteiger partial charge is 0.249 e. The maximum Gasteiger partial charge on any atom is 0.249 e. The summed E-state index contributed by atoms with van der Waals surface area (Å²) in [4.78, 5) is 27.1. The highest BCUT2D eigenvalue weighted by Crippen LogP contribution is 2.11. The van der Waals surface area contributed by atoms with Crippen LogP contribution in [0.2, 0.25) is 0 Å². The van der Waals surface area contributed by atoms with Gasteiger partial charge in [-0.05, 0) is 47.9 Å². The summed E-state index contributed by atoms with van der Waals surface area (Å²) in [7, 11) is 0. The molecule has 7 heteroatoms. The number of carbonyl (C=O) groups is 2. The Morgan fingerprint density at radius 3 is 2.50 bits per heavy atom. The highest BCUT2D eigenvalue weighted by Gasteiger charge is 2.03. The van der Waals surface area contributed by atoms with Gasteiger partial charge in [-0.1, -0.05) is 12.1 Å². The second-order valence-electron chi connectivity index (χ2n) is 6.20. The van der Waals surface area contributed by atoms with E-state index in [1.165, 1.54) is 18.6 Å². The number of hydrogen-bond acceptors (Lipinski definition) is 4. The summed E-state index contributed by atoms with van der Waals surface area (Å²) in [6.45, 7) is 2.18. The summed E-state index contributed by atoms with van der Waals surface area (Å²) < 4.78 is 1.79. The Bertz CT molecular complexity index is 962. The third-order valence-electron chi connectivity index (χ3n) is 3.93. The first-order valence-electron chi connectivity index (χ1n) is 8.87. The van der Waals surface area contributed by atoms with Crippen LogP contribution in [0, 0.1) is 0 Å². The fourth-order valence-corrected chi connectivity index (χ4v) is 2.57. The van der Waals surface area contributed by atoms with Gasteiger partial charge in [-0.15, -0.1) is 0 Å². The molecule has 1 aromatic carbocycles. The van der Waals surface area contributed by atoms with Gasteiger partial charge in [0.05, 0.1) is 0 Å². The van der Waals surface area contributed by atoms with E-state index in [9.17, 15) is 9.59 Å². The number of benzene rings is 1. The molecule has 3 rings (SSSR count). The quantitative estimate of drug-likeness (QED) is 0.621. The van der Waals surface area contributed by atoms with Crippen molar-refractivity contribution in [2.45, 2.75) is 19.9 Å². The van der Waals surface area contributed by atoms with E-state index in [-0.39, 0.29) is 11.8 Å². The molecule has 0 aliphatic carbocycles. The Morgan fingerprint density at radius 1 is 1.04 bits per heavy atom. The Labute approximate surface area is 163 Å².